The molecule has 1 saturated carbocycles. The Hall–Kier alpha value is -0.930. The molecule has 1 N–H and O–H groups in total. The molecule has 0 atom stereocenters. The first kappa shape index (κ1) is 12.5. The van der Waals surface area contributed by atoms with Gasteiger partial charge in [0.25, 0.3) is 0 Å². The maximum atomic E-state index is 10.3. The normalized spacial score (nSPS) is 16.8. The monoisotopic (exact) mass is 256 g/mol. The molecule has 0 amide bonds. The zero-order valence-corrected chi connectivity index (χ0v) is 11.1. The number of aliphatic hydroxyl groups is 1. The van der Waals surface area contributed by atoms with Gasteiger partial charge in [0, 0.05) is 5.56 Å². The molecule has 1 aliphatic carbocycles. The zero-order valence-electron chi connectivity index (χ0n) is 10.3. The maximum absolute atomic E-state index is 10.3. The number of methoxy groups -OCH3 is 2. The van der Waals surface area contributed by atoms with Gasteiger partial charge in [-0.25, -0.2) is 0 Å². The van der Waals surface area contributed by atoms with Gasteiger partial charge in [-0.1, -0.05) is 18.5 Å². The summed E-state index contributed by atoms with van der Waals surface area (Å²) in [6, 6.07) is 1.87. The lowest BCUT2D eigenvalue weighted by Gasteiger charge is -2.20. The number of halogens is 1. The Kier molecular flexibility index (Phi) is 3.23. The van der Waals surface area contributed by atoms with Crippen molar-refractivity contribution in [2.24, 2.45) is 0 Å². The van der Waals surface area contributed by atoms with E-state index in [0.29, 0.717) is 22.1 Å². The minimum absolute atomic E-state index is 0.551. The van der Waals surface area contributed by atoms with Crippen LogP contribution in [0.15, 0.2) is 6.07 Å². The SMILES string of the molecule is CCc1cc(OC)c(OC)c(C2(O)CC2)c1Cl. The summed E-state index contributed by atoms with van der Waals surface area (Å²) >= 11 is 6.35. The van der Waals surface area contributed by atoms with Gasteiger partial charge >= 0.3 is 0 Å². The van der Waals surface area contributed by atoms with Crippen LogP contribution in [-0.4, -0.2) is 19.3 Å². The Labute approximate surface area is 106 Å². The second kappa shape index (κ2) is 4.39. The molecule has 0 saturated heterocycles. The lowest BCUT2D eigenvalue weighted by atomic mass is 10.0. The van der Waals surface area contributed by atoms with Crippen LogP contribution in [0.5, 0.6) is 11.5 Å². The van der Waals surface area contributed by atoms with E-state index in [2.05, 4.69) is 0 Å². The molecular formula is C13H17ClO3. The lowest BCUT2D eigenvalue weighted by Crippen LogP contribution is -2.10. The fourth-order valence-corrected chi connectivity index (χ4v) is 2.52. The largest absolute Gasteiger partial charge is 0.493 e. The molecular weight excluding hydrogens is 240 g/mol. The number of hydrogen-bond acceptors (Lipinski definition) is 3. The van der Waals surface area contributed by atoms with Crippen molar-refractivity contribution in [1.29, 1.82) is 0 Å². The number of hydrogen-bond donors (Lipinski definition) is 1. The first-order valence-corrected chi connectivity index (χ1v) is 6.11. The molecule has 1 aromatic rings. The molecule has 0 bridgehead atoms. The predicted molar refractivity (Wildman–Crippen MR) is 67.1 cm³/mol. The minimum Gasteiger partial charge on any atom is -0.493 e. The third-order valence-corrected chi connectivity index (χ3v) is 3.68. The molecule has 0 aliphatic heterocycles. The summed E-state index contributed by atoms with van der Waals surface area (Å²) in [5, 5.41) is 10.9. The molecule has 2 rings (SSSR count). The molecule has 0 unspecified atom stereocenters. The maximum Gasteiger partial charge on any atom is 0.168 e. The molecule has 0 radical (unpaired) electrons. The van der Waals surface area contributed by atoms with Crippen LogP contribution in [-0.2, 0) is 12.0 Å². The van der Waals surface area contributed by atoms with Crippen LogP contribution >= 0.6 is 11.6 Å². The van der Waals surface area contributed by atoms with E-state index in [1.807, 2.05) is 13.0 Å². The van der Waals surface area contributed by atoms with Crippen LogP contribution in [0.1, 0.15) is 30.9 Å². The highest BCUT2D eigenvalue weighted by Crippen LogP contribution is 2.54. The van der Waals surface area contributed by atoms with Crippen molar-refractivity contribution in [1.82, 2.24) is 0 Å². The Morgan fingerprint density at radius 2 is 2.00 bits per heavy atom. The Bertz CT molecular complexity index is 439. The van der Waals surface area contributed by atoms with Gasteiger partial charge < -0.3 is 14.6 Å². The van der Waals surface area contributed by atoms with Crippen molar-refractivity contribution >= 4 is 11.6 Å². The third kappa shape index (κ3) is 1.98. The molecule has 0 spiro atoms. The van der Waals surface area contributed by atoms with Crippen LogP contribution in [0.4, 0.5) is 0 Å². The molecule has 94 valence electrons. The Morgan fingerprint density at radius 3 is 2.41 bits per heavy atom. The Morgan fingerprint density at radius 1 is 1.35 bits per heavy atom. The van der Waals surface area contributed by atoms with E-state index in [-0.39, 0.29) is 0 Å². The average molecular weight is 257 g/mol. The summed E-state index contributed by atoms with van der Waals surface area (Å²) < 4.78 is 10.6. The molecule has 1 aliphatic rings. The van der Waals surface area contributed by atoms with Gasteiger partial charge in [-0.2, -0.15) is 0 Å². The number of aryl methyl sites for hydroxylation is 1. The first-order chi connectivity index (χ1) is 8.07. The highest BCUT2D eigenvalue weighted by Gasteiger charge is 2.47. The highest BCUT2D eigenvalue weighted by atomic mass is 35.5. The molecule has 1 aromatic carbocycles. The van der Waals surface area contributed by atoms with Crippen LogP contribution in [0, 0.1) is 0 Å². The smallest absolute Gasteiger partial charge is 0.168 e. The van der Waals surface area contributed by atoms with Crippen molar-refractivity contribution in [3.05, 3.63) is 22.2 Å². The summed E-state index contributed by atoms with van der Waals surface area (Å²) in [5.74, 6) is 1.18. The second-order valence-corrected chi connectivity index (χ2v) is 4.72. The number of rotatable bonds is 4. The fourth-order valence-electron chi connectivity index (χ4n) is 2.07. The van der Waals surface area contributed by atoms with E-state index < -0.39 is 5.60 Å². The average Bonchev–Trinajstić information content (AvgIpc) is 3.07. The van der Waals surface area contributed by atoms with Gasteiger partial charge in [0.1, 0.15) is 0 Å². The highest BCUT2D eigenvalue weighted by molar-refractivity contribution is 6.32. The van der Waals surface area contributed by atoms with E-state index in [9.17, 15) is 5.11 Å². The van der Waals surface area contributed by atoms with Gasteiger partial charge in [0.15, 0.2) is 11.5 Å². The van der Waals surface area contributed by atoms with E-state index in [0.717, 1.165) is 24.8 Å². The fraction of sp³-hybridized carbons (Fsp3) is 0.538. The summed E-state index contributed by atoms with van der Waals surface area (Å²) in [5.41, 5.74) is 0.818. The summed E-state index contributed by atoms with van der Waals surface area (Å²) in [4.78, 5) is 0. The lowest BCUT2D eigenvalue weighted by molar-refractivity contribution is 0.146. The minimum atomic E-state index is -0.832. The van der Waals surface area contributed by atoms with Crippen LogP contribution in [0.25, 0.3) is 0 Å². The number of ether oxygens (including phenoxy) is 2. The van der Waals surface area contributed by atoms with Gasteiger partial charge in [-0.3, -0.25) is 0 Å². The van der Waals surface area contributed by atoms with E-state index >= 15 is 0 Å². The molecule has 3 nitrogen and oxygen atoms in total. The predicted octanol–water partition coefficient (Wildman–Crippen LogP) is 2.90. The van der Waals surface area contributed by atoms with Crippen molar-refractivity contribution in [2.45, 2.75) is 31.8 Å². The Balaban J connectivity index is 2.67. The van der Waals surface area contributed by atoms with Crippen molar-refractivity contribution in [3.8, 4) is 11.5 Å². The van der Waals surface area contributed by atoms with Gasteiger partial charge in [0.2, 0.25) is 0 Å². The van der Waals surface area contributed by atoms with E-state index in [1.54, 1.807) is 14.2 Å². The van der Waals surface area contributed by atoms with E-state index in [1.165, 1.54) is 0 Å². The van der Waals surface area contributed by atoms with Gasteiger partial charge in [-0.15, -0.1) is 0 Å². The van der Waals surface area contributed by atoms with Gasteiger partial charge in [-0.05, 0) is 30.9 Å². The van der Waals surface area contributed by atoms with Crippen molar-refractivity contribution < 1.29 is 14.6 Å². The van der Waals surface area contributed by atoms with Crippen LogP contribution in [0.3, 0.4) is 0 Å². The summed E-state index contributed by atoms with van der Waals surface area (Å²) in [6.07, 6.45) is 2.24. The van der Waals surface area contributed by atoms with Crippen LogP contribution in [0.2, 0.25) is 5.02 Å². The summed E-state index contributed by atoms with van der Waals surface area (Å²) in [7, 11) is 3.15. The van der Waals surface area contributed by atoms with Gasteiger partial charge in [0.05, 0.1) is 24.8 Å². The van der Waals surface area contributed by atoms with E-state index in [4.69, 9.17) is 21.1 Å². The first-order valence-electron chi connectivity index (χ1n) is 5.73. The van der Waals surface area contributed by atoms with Crippen LogP contribution < -0.4 is 9.47 Å². The third-order valence-electron chi connectivity index (χ3n) is 3.25. The molecule has 0 heterocycles. The number of benzene rings is 1. The standard InChI is InChI=1S/C13H17ClO3/c1-4-8-7-9(16-2)12(17-3)10(11(8)14)13(15)5-6-13/h7,15H,4-6H2,1-3H3. The molecule has 0 aromatic heterocycles. The quantitative estimate of drug-likeness (QED) is 0.900. The summed E-state index contributed by atoms with van der Waals surface area (Å²) in [6.45, 7) is 2.02. The topological polar surface area (TPSA) is 38.7 Å². The second-order valence-electron chi connectivity index (χ2n) is 4.35. The molecule has 1 fully saturated rings. The zero-order chi connectivity index (χ0) is 12.6. The molecule has 4 heteroatoms. The molecule has 17 heavy (non-hydrogen) atoms. The van der Waals surface area contributed by atoms with Crippen molar-refractivity contribution in [2.75, 3.05) is 14.2 Å². The van der Waals surface area contributed by atoms with Crippen molar-refractivity contribution in [3.63, 3.8) is 0 Å².